The molecule has 1 N–H and O–H groups in total. The Hall–Kier alpha value is -4.21. The van der Waals surface area contributed by atoms with E-state index in [0.29, 0.717) is 6.42 Å². The van der Waals surface area contributed by atoms with E-state index in [1.54, 1.807) is 6.08 Å². The number of piperazine rings is 1. The standard InChI is InChI=1S/C18H25NO.C13H28N2.C12H14N2.C8H9B.C3H6.C2H7N.4C2H6/c1-6-16-12-14(3)11-15(4)18(16)13-19(5)17(7-2)9-8-10-20;1-3-5-7-9-15-12-10-14(11-13-15)8-6-4-2;1-7-5-11-9(3)13-10(4)14-12(11)6-8(7)2;1-2-7-4-3-5-8(9)6-7;2*1-3-2;4*1-2/h6-7,10-12,17H,1-2,8-9,13H2,3-5H3;3-13H2,1-2H3;5-6H,1-4H3;3-6H,2H2,1H3;3H,1H2,2H3;3H,1-2H3;4*1-2H3. The molecule has 7 nitrogen and oxygen atoms in total. The van der Waals surface area contributed by atoms with E-state index in [-0.39, 0.29) is 6.04 Å². The third kappa shape index (κ3) is 36.7. The quantitative estimate of drug-likeness (QED) is 0.0519. The first kappa shape index (κ1) is 76.7. The Kier molecular flexibility index (Phi) is 56.6. The molecule has 1 atom stereocenters. The Bertz CT molecular complexity index is 1900. The first-order valence-corrected chi connectivity index (χ1v) is 27.8. The molecule has 408 valence electrons. The third-order valence-electron chi connectivity index (χ3n) is 11.0. The van der Waals surface area contributed by atoms with Crippen LogP contribution < -0.4 is 10.8 Å². The maximum absolute atomic E-state index is 10.5. The van der Waals surface area contributed by atoms with E-state index in [2.05, 4.69) is 136 Å². The van der Waals surface area contributed by atoms with E-state index in [1.807, 2.05) is 121 Å². The van der Waals surface area contributed by atoms with Crippen molar-refractivity contribution < 1.29 is 4.79 Å². The molecule has 0 aliphatic carbocycles. The maximum atomic E-state index is 10.5. The Morgan fingerprint density at radius 1 is 0.736 bits per heavy atom. The van der Waals surface area contributed by atoms with Gasteiger partial charge in [0.1, 0.15) is 20.0 Å². The number of allylic oxidation sites excluding steroid dienone is 1. The van der Waals surface area contributed by atoms with E-state index < -0.39 is 0 Å². The largest absolute Gasteiger partial charge is 0.323 e. The summed E-state index contributed by atoms with van der Waals surface area (Å²) in [6.07, 6.45) is 15.8. The number of likely N-dealkylation sites (N-methyl/N-ethyl adjacent to an activating group) is 1. The molecule has 1 aliphatic heterocycles. The lowest BCUT2D eigenvalue weighted by Gasteiger charge is -2.34. The van der Waals surface area contributed by atoms with E-state index >= 15 is 0 Å². The smallest absolute Gasteiger partial charge is 0.126 e. The molecule has 4 aromatic rings. The van der Waals surface area contributed by atoms with Crippen molar-refractivity contribution in [3.05, 3.63) is 131 Å². The van der Waals surface area contributed by atoms with Gasteiger partial charge in [-0.25, -0.2) is 9.97 Å². The predicted octanol–water partition coefficient (Wildman–Crippen LogP) is 15.5. The summed E-state index contributed by atoms with van der Waals surface area (Å²) < 4.78 is 0. The number of nitrogens with one attached hydrogen (secondary N) is 1. The molecular formula is C64H113BN6O. The number of rotatable bonds is 16. The molecule has 0 saturated carbocycles. The summed E-state index contributed by atoms with van der Waals surface area (Å²) in [5.41, 5.74) is 11.9. The molecule has 0 spiro atoms. The summed E-state index contributed by atoms with van der Waals surface area (Å²) >= 11 is 0. The average Bonchev–Trinajstić information content (AvgIpc) is 3.39. The number of aryl methyl sites for hydroxylation is 7. The summed E-state index contributed by atoms with van der Waals surface area (Å²) in [6, 6.07) is 16.8. The number of carbonyl (C=O) groups is 1. The van der Waals surface area contributed by atoms with E-state index in [9.17, 15) is 4.79 Å². The van der Waals surface area contributed by atoms with Crippen molar-refractivity contribution in [2.45, 2.75) is 189 Å². The monoisotopic (exact) mass is 993 g/mol. The minimum atomic E-state index is 0.221. The second-order valence-corrected chi connectivity index (χ2v) is 16.9. The first-order valence-electron chi connectivity index (χ1n) is 27.8. The predicted molar refractivity (Wildman–Crippen MR) is 330 cm³/mol. The maximum Gasteiger partial charge on any atom is 0.126 e. The minimum Gasteiger partial charge on any atom is -0.323 e. The van der Waals surface area contributed by atoms with Gasteiger partial charge in [0.15, 0.2) is 0 Å². The second kappa shape index (κ2) is 53.1. The van der Waals surface area contributed by atoms with Gasteiger partial charge in [0.2, 0.25) is 0 Å². The SMILES string of the molecule is C=CC.C=Cc1cc(C)cc(C)c1CN(C)C(C=C)CCC=O.CC.CC.CC.CC.CCCCCN1CCN(CCCC)CC1.CNC.Cc1nc(C)c2cc(C)c(C)cc2n1.[B]c1cccc(CC)c1. The van der Waals surface area contributed by atoms with Gasteiger partial charge >= 0.3 is 0 Å². The molecule has 2 radical (unpaired) electrons. The van der Waals surface area contributed by atoms with Gasteiger partial charge in [-0.05, 0) is 154 Å². The number of aldehydes is 1. The van der Waals surface area contributed by atoms with Crippen molar-refractivity contribution in [2.75, 3.05) is 60.4 Å². The molecule has 2 heterocycles. The lowest BCUT2D eigenvalue weighted by atomic mass is 9.94. The molecule has 8 heteroatoms. The summed E-state index contributed by atoms with van der Waals surface area (Å²) in [6.45, 7) is 56.8. The van der Waals surface area contributed by atoms with Crippen molar-refractivity contribution in [2.24, 2.45) is 0 Å². The molecule has 0 bridgehead atoms. The number of hydrogen-bond acceptors (Lipinski definition) is 7. The van der Waals surface area contributed by atoms with Crippen LogP contribution in [0.1, 0.15) is 178 Å². The van der Waals surface area contributed by atoms with Crippen LogP contribution >= 0.6 is 0 Å². The average molecular weight is 993 g/mol. The summed E-state index contributed by atoms with van der Waals surface area (Å²) in [7, 11) is 11.4. The van der Waals surface area contributed by atoms with Crippen LogP contribution in [0.15, 0.2) is 80.4 Å². The zero-order valence-corrected chi connectivity index (χ0v) is 51.0. The molecule has 1 aromatic heterocycles. The topological polar surface area (TPSA) is 64.6 Å². The number of nitrogens with zero attached hydrogens (tertiary/aromatic N) is 5. The normalized spacial score (nSPS) is 11.5. The van der Waals surface area contributed by atoms with Gasteiger partial charge in [-0.15, -0.1) is 13.2 Å². The highest BCUT2D eigenvalue weighted by atomic mass is 16.1. The zero-order chi connectivity index (χ0) is 56.5. The van der Waals surface area contributed by atoms with Crippen molar-refractivity contribution in [3.63, 3.8) is 0 Å². The summed E-state index contributed by atoms with van der Waals surface area (Å²) in [5, 5.41) is 3.92. The van der Waals surface area contributed by atoms with Gasteiger partial charge in [-0.1, -0.05) is 168 Å². The van der Waals surface area contributed by atoms with Gasteiger partial charge in [-0.3, -0.25) is 4.90 Å². The van der Waals surface area contributed by atoms with Crippen LogP contribution in [-0.2, 0) is 17.8 Å². The molecular weight excluding hydrogens is 880 g/mol. The summed E-state index contributed by atoms with van der Waals surface area (Å²) in [4.78, 5) is 26.8. The number of aromatic nitrogens is 2. The minimum absolute atomic E-state index is 0.221. The Morgan fingerprint density at radius 3 is 1.69 bits per heavy atom. The van der Waals surface area contributed by atoms with Crippen molar-refractivity contribution in [1.82, 2.24) is 30.0 Å². The lowest BCUT2D eigenvalue weighted by molar-refractivity contribution is -0.108. The van der Waals surface area contributed by atoms with Gasteiger partial charge in [0.05, 0.1) is 5.52 Å². The van der Waals surface area contributed by atoms with Crippen LogP contribution in [0.2, 0.25) is 0 Å². The van der Waals surface area contributed by atoms with Crippen LogP contribution in [0.4, 0.5) is 0 Å². The fourth-order valence-corrected chi connectivity index (χ4v) is 7.25. The second-order valence-electron chi connectivity index (χ2n) is 16.9. The van der Waals surface area contributed by atoms with Gasteiger partial charge < -0.3 is 19.9 Å². The van der Waals surface area contributed by atoms with Gasteiger partial charge in [-0.2, -0.15) is 0 Å². The van der Waals surface area contributed by atoms with E-state index in [4.69, 9.17) is 7.85 Å². The molecule has 1 aliphatic rings. The van der Waals surface area contributed by atoms with E-state index in [0.717, 1.165) is 48.2 Å². The molecule has 3 aromatic carbocycles. The van der Waals surface area contributed by atoms with Crippen LogP contribution in [0.25, 0.3) is 17.0 Å². The van der Waals surface area contributed by atoms with Crippen LogP contribution in [0.3, 0.4) is 0 Å². The van der Waals surface area contributed by atoms with Gasteiger partial charge in [0, 0.05) is 56.3 Å². The van der Waals surface area contributed by atoms with Crippen molar-refractivity contribution >= 4 is 36.6 Å². The molecule has 1 saturated heterocycles. The van der Waals surface area contributed by atoms with Crippen LogP contribution in [0.5, 0.6) is 0 Å². The van der Waals surface area contributed by atoms with Gasteiger partial charge in [0.25, 0.3) is 0 Å². The molecule has 72 heavy (non-hydrogen) atoms. The zero-order valence-electron chi connectivity index (χ0n) is 51.0. The fourth-order valence-electron chi connectivity index (χ4n) is 7.25. The van der Waals surface area contributed by atoms with Crippen LogP contribution in [0, 0.1) is 41.5 Å². The molecule has 5 rings (SSSR count). The molecule has 1 fully saturated rings. The third-order valence-corrected chi connectivity index (χ3v) is 11.0. The Balaban J connectivity index is -0.000000260. The highest BCUT2D eigenvalue weighted by Gasteiger charge is 2.16. The number of hydrogen-bond donors (Lipinski definition) is 1. The van der Waals surface area contributed by atoms with E-state index in [1.165, 1.54) is 116 Å². The number of unbranched alkanes of at least 4 members (excludes halogenated alkanes) is 3. The summed E-state index contributed by atoms with van der Waals surface area (Å²) in [5.74, 6) is 0.846. The number of fused-ring (bicyclic) bond motifs is 1. The first-order chi connectivity index (χ1) is 34.6. The van der Waals surface area contributed by atoms with Crippen molar-refractivity contribution in [3.8, 4) is 0 Å². The number of carbonyl (C=O) groups excluding carboxylic acids is 1. The highest BCUT2D eigenvalue weighted by Crippen LogP contribution is 2.22. The highest BCUT2D eigenvalue weighted by molar-refractivity contribution is 6.32. The Labute approximate surface area is 449 Å². The van der Waals surface area contributed by atoms with Crippen molar-refractivity contribution in [1.29, 1.82) is 0 Å². The molecule has 1 unspecified atom stereocenters. The Morgan fingerprint density at radius 2 is 1.25 bits per heavy atom. The van der Waals surface area contributed by atoms with Crippen LogP contribution in [-0.4, -0.2) is 105 Å². The number of benzene rings is 3. The lowest BCUT2D eigenvalue weighted by Crippen LogP contribution is -2.46. The molecule has 0 amide bonds. The fraction of sp³-hybridized carbons (Fsp3) is 0.578.